The number of rotatable bonds is 72. The van der Waals surface area contributed by atoms with Crippen LogP contribution in [0, 0.1) is 0 Å². The molecular formula is C79H138O16P2. The molecule has 0 radical (unpaired) electrons. The highest BCUT2D eigenvalue weighted by atomic mass is 31.2. The molecule has 0 aromatic carbocycles. The van der Waals surface area contributed by atoms with E-state index in [-0.39, 0.29) is 19.3 Å². The number of phosphoric ester groups is 2. The number of allylic oxidation sites excluding steroid dienone is 18. The topological polar surface area (TPSA) is 231 Å². The van der Waals surface area contributed by atoms with Crippen molar-refractivity contribution in [1.29, 1.82) is 0 Å². The van der Waals surface area contributed by atoms with Crippen molar-refractivity contribution < 1.29 is 75.8 Å². The predicted octanol–water partition coefficient (Wildman–Crippen LogP) is 22.0. The number of ether oxygens (including phenoxy) is 3. The molecule has 0 bridgehead atoms. The Hall–Kier alpha value is -3.79. The van der Waals surface area contributed by atoms with Gasteiger partial charge in [0, 0.05) is 19.3 Å². The van der Waals surface area contributed by atoms with Crippen molar-refractivity contribution in [3.8, 4) is 0 Å². The van der Waals surface area contributed by atoms with Crippen molar-refractivity contribution in [3.05, 3.63) is 109 Å². The fraction of sp³-hybridized carbons (Fsp3) is 0.734. The molecule has 5 unspecified atom stereocenters. The van der Waals surface area contributed by atoms with Gasteiger partial charge in [0.15, 0.2) is 6.10 Å². The second-order valence-electron chi connectivity index (χ2n) is 25.4. The molecule has 0 amide bonds. The van der Waals surface area contributed by atoms with Gasteiger partial charge >= 0.3 is 33.6 Å². The van der Waals surface area contributed by atoms with Crippen LogP contribution in [0.25, 0.3) is 0 Å². The number of carbonyl (C=O) groups is 3. The fourth-order valence-corrected chi connectivity index (χ4v) is 11.8. The highest BCUT2D eigenvalue weighted by Crippen LogP contribution is 2.45. The minimum atomic E-state index is -4.93. The summed E-state index contributed by atoms with van der Waals surface area (Å²) in [6.07, 6.45) is 82.6. The van der Waals surface area contributed by atoms with Crippen LogP contribution in [0.5, 0.6) is 0 Å². The molecule has 0 aliphatic carbocycles. The SMILES string of the molecule is CC/C=C\C/C=C\C/C=C\C/C=C\C/C=C\CCCCCCCCCC(=O)OCC(O)COP(=O)(O)OCC(O)COP(=O)(O)OCC(COC(=O)CCCCCCCCC/C=C\C/C=C\C/C=C\C/C=C\CCCCC)OC(=O)CCCCCCCCCCCCCCCCC. The van der Waals surface area contributed by atoms with Crippen LogP contribution in [0.1, 0.15) is 316 Å². The van der Waals surface area contributed by atoms with E-state index in [9.17, 15) is 43.5 Å². The lowest BCUT2D eigenvalue weighted by Crippen LogP contribution is -2.30. The number of aliphatic hydroxyl groups is 2. The molecule has 0 heterocycles. The molecule has 560 valence electrons. The Kier molecular flexibility index (Phi) is 69.2. The standard InChI is InChI=1S/C79H138O16P2/c1-4-7-10-13-16-19-22-25-28-30-32-34-36-38-40-42-45-47-50-53-56-59-62-65-77(82)89-68-74(80)69-91-96(85,86)92-70-75(81)71-93-97(87,88)94-73-76(95-79(84)67-64-61-58-55-52-49-44-27-24-21-18-15-12-9-6-3)72-90-78(83)66-63-60-57-54-51-48-46-43-41-39-37-35-33-31-29-26-23-20-17-14-11-8-5-2/h7,10,16-17,19-20,25-26,28-29,32-35,38-41,74-76,80-81H,4-6,8-9,11-15,18,21-24,27,30-31,36-37,42-73H2,1-3H3,(H,85,86)(H,87,88)/b10-7-,19-16-,20-17-,28-25-,29-26-,34-32-,35-33-,40-38-,41-39-. The average molecular weight is 1410 g/mol. The van der Waals surface area contributed by atoms with Crippen LogP contribution in [-0.2, 0) is 55.8 Å². The minimum absolute atomic E-state index is 0.104. The average Bonchev–Trinajstić information content (AvgIpc) is 1.77. The summed E-state index contributed by atoms with van der Waals surface area (Å²) in [6, 6.07) is 0. The van der Waals surface area contributed by atoms with E-state index in [1.54, 1.807) is 0 Å². The van der Waals surface area contributed by atoms with Crippen molar-refractivity contribution in [3.63, 3.8) is 0 Å². The molecule has 0 aliphatic heterocycles. The van der Waals surface area contributed by atoms with Gasteiger partial charge in [0.25, 0.3) is 0 Å². The molecule has 0 aromatic heterocycles. The van der Waals surface area contributed by atoms with Gasteiger partial charge in [-0.1, -0.05) is 297 Å². The smallest absolute Gasteiger partial charge is 0.463 e. The molecule has 0 saturated heterocycles. The number of aliphatic hydroxyl groups excluding tert-OH is 2. The molecule has 0 fully saturated rings. The second-order valence-corrected chi connectivity index (χ2v) is 28.3. The Morgan fingerprint density at radius 2 is 0.546 bits per heavy atom. The van der Waals surface area contributed by atoms with Crippen molar-refractivity contribution in [2.45, 2.75) is 334 Å². The first kappa shape index (κ1) is 93.2. The van der Waals surface area contributed by atoms with E-state index in [1.807, 2.05) is 0 Å². The summed E-state index contributed by atoms with van der Waals surface area (Å²) in [5, 5.41) is 20.6. The van der Waals surface area contributed by atoms with Crippen molar-refractivity contribution in [1.82, 2.24) is 0 Å². The van der Waals surface area contributed by atoms with Crippen molar-refractivity contribution >= 4 is 33.6 Å². The molecule has 0 aromatic rings. The summed E-state index contributed by atoms with van der Waals surface area (Å²) in [4.78, 5) is 58.6. The van der Waals surface area contributed by atoms with Gasteiger partial charge < -0.3 is 34.2 Å². The fourth-order valence-electron chi connectivity index (χ4n) is 10.2. The van der Waals surface area contributed by atoms with Crippen LogP contribution in [-0.4, -0.2) is 95.9 Å². The zero-order valence-corrected chi connectivity index (χ0v) is 62.8. The molecule has 5 atom stereocenters. The number of carbonyl (C=O) groups excluding carboxylic acids is 3. The normalized spacial score (nSPS) is 14.7. The van der Waals surface area contributed by atoms with Crippen LogP contribution < -0.4 is 0 Å². The number of phosphoric acid groups is 2. The third-order valence-corrected chi connectivity index (χ3v) is 17.9. The summed E-state index contributed by atoms with van der Waals surface area (Å²) in [6.45, 7) is 2.54. The first-order chi connectivity index (χ1) is 47.2. The van der Waals surface area contributed by atoms with Gasteiger partial charge in [-0.15, -0.1) is 0 Å². The van der Waals surface area contributed by atoms with Crippen molar-refractivity contribution in [2.24, 2.45) is 0 Å². The zero-order chi connectivity index (χ0) is 70.9. The molecule has 0 spiro atoms. The molecule has 0 aliphatic rings. The first-order valence-electron chi connectivity index (χ1n) is 38.2. The number of hydrogen-bond acceptors (Lipinski definition) is 14. The van der Waals surface area contributed by atoms with Gasteiger partial charge in [-0.2, -0.15) is 0 Å². The van der Waals surface area contributed by atoms with Gasteiger partial charge in [-0.25, -0.2) is 9.13 Å². The van der Waals surface area contributed by atoms with Crippen molar-refractivity contribution in [2.75, 3.05) is 39.6 Å². The summed E-state index contributed by atoms with van der Waals surface area (Å²) < 4.78 is 61.1. The molecule has 97 heavy (non-hydrogen) atoms. The van der Waals surface area contributed by atoms with Gasteiger partial charge in [0.2, 0.25) is 0 Å². The Balaban J connectivity index is 4.64. The third-order valence-electron chi connectivity index (χ3n) is 16.0. The van der Waals surface area contributed by atoms with Gasteiger partial charge in [-0.05, 0) is 109 Å². The van der Waals surface area contributed by atoms with Gasteiger partial charge in [0.1, 0.15) is 25.4 Å². The monoisotopic (exact) mass is 1400 g/mol. The van der Waals surface area contributed by atoms with E-state index in [0.717, 1.165) is 167 Å². The number of hydrogen-bond donors (Lipinski definition) is 4. The Labute approximate surface area is 590 Å². The summed E-state index contributed by atoms with van der Waals surface area (Å²) in [5.41, 5.74) is 0. The third kappa shape index (κ3) is 73.3. The highest BCUT2D eigenvalue weighted by Gasteiger charge is 2.29. The Bertz CT molecular complexity index is 2200. The maximum absolute atomic E-state index is 13.0. The maximum Gasteiger partial charge on any atom is 0.472 e. The Morgan fingerprint density at radius 1 is 0.299 bits per heavy atom. The molecule has 16 nitrogen and oxygen atoms in total. The zero-order valence-electron chi connectivity index (χ0n) is 61.0. The van der Waals surface area contributed by atoms with Crippen LogP contribution in [0.3, 0.4) is 0 Å². The minimum Gasteiger partial charge on any atom is -0.463 e. The van der Waals surface area contributed by atoms with Crippen LogP contribution in [0.2, 0.25) is 0 Å². The van der Waals surface area contributed by atoms with Gasteiger partial charge in [0.05, 0.1) is 26.4 Å². The van der Waals surface area contributed by atoms with E-state index in [2.05, 4.69) is 130 Å². The number of esters is 3. The van der Waals surface area contributed by atoms with E-state index in [1.165, 1.54) is 89.9 Å². The van der Waals surface area contributed by atoms with E-state index < -0.39 is 91.5 Å². The predicted molar refractivity (Wildman–Crippen MR) is 399 cm³/mol. The Morgan fingerprint density at radius 3 is 0.887 bits per heavy atom. The molecule has 18 heteroatoms. The highest BCUT2D eigenvalue weighted by molar-refractivity contribution is 7.47. The van der Waals surface area contributed by atoms with Crippen LogP contribution >= 0.6 is 15.6 Å². The van der Waals surface area contributed by atoms with Crippen LogP contribution in [0.4, 0.5) is 0 Å². The number of unbranched alkanes of at least 4 members (excludes halogenated alkanes) is 31. The molecule has 0 saturated carbocycles. The molecular weight excluding hydrogens is 1270 g/mol. The summed E-state index contributed by atoms with van der Waals surface area (Å²) in [5.74, 6) is -1.59. The lowest BCUT2D eigenvalue weighted by atomic mass is 10.0. The second kappa shape index (κ2) is 72.0. The van der Waals surface area contributed by atoms with E-state index in [4.69, 9.17) is 32.3 Å². The summed E-state index contributed by atoms with van der Waals surface area (Å²) in [7, 11) is -9.79. The molecule has 0 rings (SSSR count). The van der Waals surface area contributed by atoms with Gasteiger partial charge in [-0.3, -0.25) is 32.5 Å². The summed E-state index contributed by atoms with van der Waals surface area (Å²) >= 11 is 0. The largest absolute Gasteiger partial charge is 0.472 e. The lowest BCUT2D eigenvalue weighted by molar-refractivity contribution is -0.161. The van der Waals surface area contributed by atoms with E-state index in [0.29, 0.717) is 19.3 Å². The van der Waals surface area contributed by atoms with E-state index >= 15 is 0 Å². The van der Waals surface area contributed by atoms with Crippen LogP contribution in [0.15, 0.2) is 109 Å². The first-order valence-corrected chi connectivity index (χ1v) is 41.2. The maximum atomic E-state index is 13.0. The quantitative estimate of drug-likeness (QED) is 0.0146. The molecule has 4 N–H and O–H groups in total. The lowest BCUT2D eigenvalue weighted by Gasteiger charge is -2.21.